The Kier molecular flexibility index (Phi) is 5.98. The second-order valence-corrected chi connectivity index (χ2v) is 8.80. The van der Waals surface area contributed by atoms with E-state index in [0.29, 0.717) is 0 Å². The first-order valence-corrected chi connectivity index (χ1v) is 8.59. The molecule has 0 aromatic carbocycles. The van der Waals surface area contributed by atoms with Crippen molar-refractivity contribution in [3.05, 3.63) is 0 Å². The van der Waals surface area contributed by atoms with Gasteiger partial charge in [-0.3, -0.25) is 0 Å². The number of hydrogen-bond donors (Lipinski definition) is 0. The van der Waals surface area contributed by atoms with E-state index in [0.717, 1.165) is 6.42 Å². The Labute approximate surface area is 94.0 Å². The third-order valence-corrected chi connectivity index (χ3v) is 3.11. The van der Waals surface area contributed by atoms with Crippen molar-refractivity contribution in [2.24, 2.45) is 0 Å². The molecule has 1 unspecified atom stereocenters. The summed E-state index contributed by atoms with van der Waals surface area (Å²) in [5.74, 6) is -1.09. The number of ether oxygens (including phenoxy) is 3. The minimum atomic E-state index is -1.64. The SMILES string of the molecule is CCC(O[Si](C)(C)C)C(OC)(OC)OC. The summed E-state index contributed by atoms with van der Waals surface area (Å²) < 4.78 is 21.9. The van der Waals surface area contributed by atoms with Crippen LogP contribution in [0.4, 0.5) is 0 Å². The molecule has 1 atom stereocenters. The fourth-order valence-corrected chi connectivity index (χ4v) is 2.64. The van der Waals surface area contributed by atoms with Gasteiger partial charge in [-0.15, -0.1) is 0 Å². The molecule has 0 aliphatic carbocycles. The lowest BCUT2D eigenvalue weighted by Gasteiger charge is -2.38. The summed E-state index contributed by atoms with van der Waals surface area (Å²) in [6, 6.07) is 0. The molecule has 0 radical (unpaired) electrons. The average Bonchev–Trinajstić information content (AvgIpc) is 2.17. The van der Waals surface area contributed by atoms with Gasteiger partial charge in [-0.1, -0.05) is 6.92 Å². The zero-order valence-corrected chi connectivity index (χ0v) is 11.9. The van der Waals surface area contributed by atoms with Crippen molar-refractivity contribution in [2.45, 2.75) is 45.1 Å². The second-order valence-electron chi connectivity index (χ2n) is 4.34. The molecule has 92 valence electrons. The van der Waals surface area contributed by atoms with Gasteiger partial charge < -0.3 is 18.6 Å². The smallest absolute Gasteiger partial charge is 0.308 e. The van der Waals surface area contributed by atoms with Crippen molar-refractivity contribution in [2.75, 3.05) is 21.3 Å². The van der Waals surface area contributed by atoms with Crippen LogP contribution in [0.15, 0.2) is 0 Å². The first kappa shape index (κ1) is 15.1. The number of hydrogen-bond acceptors (Lipinski definition) is 4. The molecule has 0 aliphatic rings. The molecule has 0 N–H and O–H groups in total. The lowest BCUT2D eigenvalue weighted by molar-refractivity contribution is -0.385. The summed E-state index contributed by atoms with van der Waals surface area (Å²) >= 11 is 0. The van der Waals surface area contributed by atoms with E-state index < -0.39 is 14.3 Å². The Morgan fingerprint density at radius 2 is 1.40 bits per heavy atom. The fraction of sp³-hybridized carbons (Fsp3) is 1.00. The largest absolute Gasteiger partial charge is 0.407 e. The number of methoxy groups -OCH3 is 3. The van der Waals surface area contributed by atoms with E-state index in [1.165, 1.54) is 0 Å². The van der Waals surface area contributed by atoms with Crippen LogP contribution in [0, 0.1) is 0 Å². The topological polar surface area (TPSA) is 36.9 Å². The Balaban J connectivity index is 4.74. The molecule has 0 saturated heterocycles. The van der Waals surface area contributed by atoms with Crippen molar-refractivity contribution >= 4 is 8.32 Å². The fourth-order valence-electron chi connectivity index (χ4n) is 1.48. The minimum absolute atomic E-state index is 0.204. The van der Waals surface area contributed by atoms with Gasteiger partial charge in [0.1, 0.15) is 6.10 Å². The molecule has 0 bridgehead atoms. The summed E-state index contributed by atoms with van der Waals surface area (Å²) in [6.07, 6.45) is 0.573. The highest BCUT2D eigenvalue weighted by Crippen LogP contribution is 2.25. The first-order valence-electron chi connectivity index (χ1n) is 5.18. The minimum Gasteiger partial charge on any atom is -0.407 e. The highest BCUT2D eigenvalue weighted by atomic mass is 28.4. The lowest BCUT2D eigenvalue weighted by atomic mass is 10.2. The summed E-state index contributed by atoms with van der Waals surface area (Å²) in [7, 11) is 3.04. The van der Waals surface area contributed by atoms with Crippen molar-refractivity contribution in [1.82, 2.24) is 0 Å². The van der Waals surface area contributed by atoms with Crippen LogP contribution in [0.5, 0.6) is 0 Å². The van der Waals surface area contributed by atoms with Gasteiger partial charge in [0, 0.05) is 21.3 Å². The van der Waals surface area contributed by atoms with Crippen molar-refractivity contribution in [3.63, 3.8) is 0 Å². The van der Waals surface area contributed by atoms with Gasteiger partial charge in [-0.2, -0.15) is 0 Å². The molecule has 15 heavy (non-hydrogen) atoms. The van der Waals surface area contributed by atoms with E-state index in [1.54, 1.807) is 21.3 Å². The Bertz CT molecular complexity index is 166. The van der Waals surface area contributed by atoms with Crippen LogP contribution in [0.1, 0.15) is 13.3 Å². The lowest BCUT2D eigenvalue weighted by Crippen LogP contribution is -2.52. The van der Waals surface area contributed by atoms with Gasteiger partial charge >= 0.3 is 5.97 Å². The Morgan fingerprint density at radius 3 is 1.60 bits per heavy atom. The summed E-state index contributed by atoms with van der Waals surface area (Å²) in [6.45, 7) is 8.40. The van der Waals surface area contributed by atoms with Crippen LogP contribution in [0.25, 0.3) is 0 Å². The molecule has 0 aromatic heterocycles. The summed E-state index contributed by atoms with van der Waals surface area (Å²) in [5, 5.41) is 0. The van der Waals surface area contributed by atoms with Gasteiger partial charge in [-0.05, 0) is 26.1 Å². The monoisotopic (exact) mass is 236 g/mol. The molecule has 0 rings (SSSR count). The van der Waals surface area contributed by atoms with Crippen molar-refractivity contribution in [1.29, 1.82) is 0 Å². The van der Waals surface area contributed by atoms with Crippen LogP contribution < -0.4 is 0 Å². The summed E-state index contributed by atoms with van der Waals surface area (Å²) in [5.41, 5.74) is 0. The van der Waals surface area contributed by atoms with Crippen LogP contribution in [0.2, 0.25) is 19.6 Å². The second kappa shape index (κ2) is 5.96. The standard InChI is InChI=1S/C10H24O4Si/c1-8-9(14-15(5,6)7)10(11-2,12-3)13-4/h9H,8H2,1-7H3. The molecule has 0 spiro atoms. The first-order chi connectivity index (χ1) is 6.85. The van der Waals surface area contributed by atoms with E-state index in [4.69, 9.17) is 18.6 Å². The molecule has 0 aliphatic heterocycles. The van der Waals surface area contributed by atoms with Crippen LogP contribution >= 0.6 is 0 Å². The van der Waals surface area contributed by atoms with E-state index in [9.17, 15) is 0 Å². The zero-order valence-electron chi connectivity index (χ0n) is 10.9. The molecule has 5 heteroatoms. The maximum absolute atomic E-state index is 5.99. The highest BCUT2D eigenvalue weighted by molar-refractivity contribution is 6.69. The Hall–Kier alpha value is 0.0569. The average molecular weight is 236 g/mol. The van der Waals surface area contributed by atoms with Crippen LogP contribution in [0.3, 0.4) is 0 Å². The predicted molar refractivity (Wildman–Crippen MR) is 62.3 cm³/mol. The van der Waals surface area contributed by atoms with E-state index in [2.05, 4.69) is 19.6 Å². The normalized spacial score (nSPS) is 15.4. The van der Waals surface area contributed by atoms with Gasteiger partial charge in [0.2, 0.25) is 0 Å². The van der Waals surface area contributed by atoms with Gasteiger partial charge in [0.15, 0.2) is 8.32 Å². The van der Waals surface area contributed by atoms with E-state index >= 15 is 0 Å². The van der Waals surface area contributed by atoms with Crippen LogP contribution in [-0.2, 0) is 18.6 Å². The molecule has 4 nitrogen and oxygen atoms in total. The molecular weight excluding hydrogens is 212 g/mol. The molecule has 0 amide bonds. The molecule has 0 fully saturated rings. The number of rotatable bonds is 7. The van der Waals surface area contributed by atoms with Crippen molar-refractivity contribution < 1.29 is 18.6 Å². The molecular formula is C10H24O4Si. The highest BCUT2D eigenvalue weighted by Gasteiger charge is 2.42. The maximum Gasteiger partial charge on any atom is 0.308 e. The molecule has 0 heterocycles. The van der Waals surface area contributed by atoms with Crippen molar-refractivity contribution in [3.8, 4) is 0 Å². The zero-order chi connectivity index (χ0) is 12.1. The molecule has 0 aromatic rings. The summed E-state index contributed by atoms with van der Waals surface area (Å²) in [4.78, 5) is 0. The van der Waals surface area contributed by atoms with Crippen LogP contribution in [-0.4, -0.2) is 41.7 Å². The third-order valence-electron chi connectivity index (χ3n) is 2.11. The molecule has 0 saturated carbocycles. The van der Waals surface area contributed by atoms with Gasteiger partial charge in [0.05, 0.1) is 0 Å². The maximum atomic E-state index is 5.99. The van der Waals surface area contributed by atoms with E-state index in [1.807, 2.05) is 6.92 Å². The Morgan fingerprint density at radius 1 is 1.00 bits per heavy atom. The third kappa shape index (κ3) is 4.20. The van der Waals surface area contributed by atoms with Gasteiger partial charge in [0.25, 0.3) is 0 Å². The quantitative estimate of drug-likeness (QED) is 0.501. The van der Waals surface area contributed by atoms with E-state index in [-0.39, 0.29) is 6.10 Å². The predicted octanol–water partition coefficient (Wildman–Crippen LogP) is 2.21. The van der Waals surface area contributed by atoms with Gasteiger partial charge in [-0.25, -0.2) is 0 Å².